The number of aliphatic hydroxyl groups is 1. The Labute approximate surface area is 139 Å². The second kappa shape index (κ2) is 5.32. The molecule has 1 fully saturated rings. The average molecular weight is 312 g/mol. The molecule has 2 heteroatoms. The first-order valence-electron chi connectivity index (χ1n) is 8.49. The molecule has 3 rings (SSSR count). The molecule has 23 heavy (non-hydrogen) atoms. The topological polar surface area (TPSA) is 29.5 Å². The van der Waals surface area contributed by atoms with Crippen LogP contribution in [0.4, 0.5) is 0 Å². The van der Waals surface area contributed by atoms with Gasteiger partial charge in [0.15, 0.2) is 0 Å². The predicted octanol–water partition coefficient (Wildman–Crippen LogP) is 4.89. The van der Waals surface area contributed by atoms with E-state index >= 15 is 0 Å². The molecule has 1 N–H and O–H groups in total. The molecule has 0 saturated heterocycles. The van der Waals surface area contributed by atoms with Crippen LogP contribution in [0, 0.1) is 11.3 Å². The summed E-state index contributed by atoms with van der Waals surface area (Å²) >= 11 is 0. The minimum Gasteiger partial charge on any atom is -0.389 e. The normalized spacial score (nSPS) is 31.7. The van der Waals surface area contributed by atoms with Crippen molar-refractivity contribution in [1.82, 2.24) is 0 Å². The minimum absolute atomic E-state index is 0.168. The number of methoxy groups -OCH3 is 1. The van der Waals surface area contributed by atoms with E-state index < -0.39 is 11.2 Å². The highest BCUT2D eigenvalue weighted by molar-refractivity contribution is 5.83. The molecule has 0 spiro atoms. The van der Waals surface area contributed by atoms with Gasteiger partial charge < -0.3 is 9.84 Å². The van der Waals surface area contributed by atoms with Crippen molar-refractivity contribution in [2.45, 2.75) is 51.7 Å². The Bertz CT molecular complexity index is 715. The molecule has 2 nitrogen and oxygen atoms in total. The fourth-order valence-electron chi connectivity index (χ4n) is 4.15. The van der Waals surface area contributed by atoms with Crippen molar-refractivity contribution in [1.29, 1.82) is 0 Å². The number of ether oxygens (including phenoxy) is 1. The maximum absolute atomic E-state index is 11.3. The minimum atomic E-state index is -0.714. The van der Waals surface area contributed by atoms with Gasteiger partial charge in [0.1, 0.15) is 0 Å². The van der Waals surface area contributed by atoms with E-state index in [0.717, 1.165) is 6.42 Å². The molecule has 0 aromatic heterocycles. The standard InChI is InChI=1S/C21H28O2/c1-15-13-20(22,19(2,3)4)14-21(15,23-5)18-11-10-16-8-6-7-9-17(16)12-18/h6-12,15,22H,13-14H2,1-5H3/t15-,20-,21+/m0/s1. The molecule has 3 atom stereocenters. The third-order valence-electron chi connectivity index (χ3n) is 5.99. The second-order valence-electron chi connectivity index (χ2n) is 8.22. The van der Waals surface area contributed by atoms with Gasteiger partial charge in [0, 0.05) is 13.5 Å². The Balaban J connectivity index is 2.10. The van der Waals surface area contributed by atoms with Gasteiger partial charge in [-0.15, -0.1) is 0 Å². The Morgan fingerprint density at radius 1 is 1.09 bits per heavy atom. The Morgan fingerprint density at radius 3 is 2.30 bits per heavy atom. The van der Waals surface area contributed by atoms with Crippen LogP contribution in [0.25, 0.3) is 10.8 Å². The smallest absolute Gasteiger partial charge is 0.0981 e. The number of hydrogen-bond acceptors (Lipinski definition) is 2. The summed E-state index contributed by atoms with van der Waals surface area (Å²) < 4.78 is 6.08. The highest BCUT2D eigenvalue weighted by Crippen LogP contribution is 2.56. The summed E-state index contributed by atoms with van der Waals surface area (Å²) in [7, 11) is 1.78. The van der Waals surface area contributed by atoms with Crippen molar-refractivity contribution >= 4 is 10.8 Å². The maximum atomic E-state index is 11.3. The number of hydrogen-bond donors (Lipinski definition) is 1. The molecule has 0 radical (unpaired) electrons. The predicted molar refractivity (Wildman–Crippen MR) is 95.4 cm³/mol. The lowest BCUT2D eigenvalue weighted by Crippen LogP contribution is -2.42. The molecule has 0 heterocycles. The van der Waals surface area contributed by atoms with E-state index in [1.165, 1.54) is 16.3 Å². The van der Waals surface area contributed by atoms with Crippen LogP contribution in [0.5, 0.6) is 0 Å². The zero-order chi connectivity index (χ0) is 16.9. The summed E-state index contributed by atoms with van der Waals surface area (Å²) in [6.45, 7) is 8.55. The second-order valence-corrected chi connectivity index (χ2v) is 8.22. The Morgan fingerprint density at radius 2 is 1.74 bits per heavy atom. The van der Waals surface area contributed by atoms with E-state index in [1.54, 1.807) is 7.11 Å². The van der Waals surface area contributed by atoms with Gasteiger partial charge in [-0.2, -0.15) is 0 Å². The van der Waals surface area contributed by atoms with Gasteiger partial charge in [0.25, 0.3) is 0 Å². The van der Waals surface area contributed by atoms with E-state index in [4.69, 9.17) is 4.74 Å². The third-order valence-corrected chi connectivity index (χ3v) is 5.99. The fourth-order valence-corrected chi connectivity index (χ4v) is 4.15. The molecule has 2 aromatic carbocycles. The third kappa shape index (κ3) is 2.49. The Kier molecular flexibility index (Phi) is 3.81. The largest absolute Gasteiger partial charge is 0.389 e. The fraction of sp³-hybridized carbons (Fsp3) is 0.524. The number of fused-ring (bicyclic) bond motifs is 1. The molecule has 0 amide bonds. The van der Waals surface area contributed by atoms with E-state index in [1.807, 2.05) is 0 Å². The lowest BCUT2D eigenvalue weighted by atomic mass is 9.74. The Hall–Kier alpha value is -1.38. The van der Waals surface area contributed by atoms with Crippen molar-refractivity contribution in [3.63, 3.8) is 0 Å². The molecule has 0 bridgehead atoms. The summed E-state index contributed by atoms with van der Waals surface area (Å²) in [6.07, 6.45) is 1.40. The summed E-state index contributed by atoms with van der Waals surface area (Å²) in [5, 5.41) is 13.7. The molecule has 1 saturated carbocycles. The molecule has 1 aliphatic rings. The van der Waals surface area contributed by atoms with Crippen molar-refractivity contribution in [2.75, 3.05) is 7.11 Å². The van der Waals surface area contributed by atoms with Gasteiger partial charge in [0.05, 0.1) is 11.2 Å². The van der Waals surface area contributed by atoms with Crippen LogP contribution in [0.15, 0.2) is 42.5 Å². The first kappa shape index (κ1) is 16.5. The van der Waals surface area contributed by atoms with Crippen LogP contribution < -0.4 is 0 Å². The summed E-state index contributed by atoms with van der Waals surface area (Å²) in [6, 6.07) is 14.9. The average Bonchev–Trinajstić information content (AvgIpc) is 2.79. The lowest BCUT2D eigenvalue weighted by molar-refractivity contribution is -0.0909. The highest BCUT2D eigenvalue weighted by Gasteiger charge is 2.57. The summed E-state index contributed by atoms with van der Waals surface area (Å²) in [4.78, 5) is 0. The summed E-state index contributed by atoms with van der Waals surface area (Å²) in [5.41, 5.74) is -0.134. The van der Waals surface area contributed by atoms with Gasteiger partial charge in [-0.3, -0.25) is 0 Å². The van der Waals surface area contributed by atoms with Crippen molar-refractivity contribution in [3.8, 4) is 0 Å². The highest BCUT2D eigenvalue weighted by atomic mass is 16.5. The molecular weight excluding hydrogens is 284 g/mol. The van der Waals surface area contributed by atoms with Crippen LogP contribution in [0.1, 0.15) is 46.1 Å². The van der Waals surface area contributed by atoms with Crippen LogP contribution in [-0.4, -0.2) is 17.8 Å². The van der Waals surface area contributed by atoms with Gasteiger partial charge >= 0.3 is 0 Å². The summed E-state index contributed by atoms with van der Waals surface area (Å²) in [5.74, 6) is 0.262. The van der Waals surface area contributed by atoms with Crippen LogP contribution in [-0.2, 0) is 10.3 Å². The number of benzene rings is 2. The zero-order valence-corrected chi connectivity index (χ0v) is 14.9. The molecule has 2 aromatic rings. The van der Waals surface area contributed by atoms with E-state index in [9.17, 15) is 5.11 Å². The monoisotopic (exact) mass is 312 g/mol. The quantitative estimate of drug-likeness (QED) is 0.855. The van der Waals surface area contributed by atoms with E-state index in [2.05, 4.69) is 70.2 Å². The van der Waals surface area contributed by atoms with E-state index in [0.29, 0.717) is 6.42 Å². The molecule has 1 aliphatic carbocycles. The maximum Gasteiger partial charge on any atom is 0.0981 e. The molecular formula is C21H28O2. The number of rotatable bonds is 2. The van der Waals surface area contributed by atoms with Crippen molar-refractivity contribution in [3.05, 3.63) is 48.0 Å². The van der Waals surface area contributed by atoms with Crippen LogP contribution in [0.3, 0.4) is 0 Å². The zero-order valence-electron chi connectivity index (χ0n) is 14.9. The van der Waals surface area contributed by atoms with Crippen molar-refractivity contribution in [2.24, 2.45) is 11.3 Å². The SMILES string of the molecule is CO[C@]1(c2ccc3ccccc3c2)C[C@](O)(C(C)(C)C)C[C@@H]1C. The van der Waals surface area contributed by atoms with Crippen LogP contribution in [0.2, 0.25) is 0 Å². The first-order valence-corrected chi connectivity index (χ1v) is 8.49. The van der Waals surface area contributed by atoms with Gasteiger partial charge in [-0.1, -0.05) is 64.1 Å². The van der Waals surface area contributed by atoms with E-state index in [-0.39, 0.29) is 11.3 Å². The van der Waals surface area contributed by atoms with Crippen molar-refractivity contribution < 1.29 is 9.84 Å². The molecule has 124 valence electrons. The molecule has 0 aliphatic heterocycles. The lowest BCUT2D eigenvalue weighted by Gasteiger charge is -2.39. The first-order chi connectivity index (χ1) is 10.7. The van der Waals surface area contributed by atoms with Crippen LogP contribution >= 0.6 is 0 Å². The van der Waals surface area contributed by atoms with Gasteiger partial charge in [-0.05, 0) is 40.2 Å². The van der Waals surface area contributed by atoms with Gasteiger partial charge in [0.2, 0.25) is 0 Å². The van der Waals surface area contributed by atoms with Gasteiger partial charge in [-0.25, -0.2) is 0 Å². The molecule has 0 unspecified atom stereocenters.